The van der Waals surface area contributed by atoms with E-state index in [1.54, 1.807) is 49.4 Å². The third kappa shape index (κ3) is 3.45. The van der Waals surface area contributed by atoms with Crippen LogP contribution in [-0.4, -0.2) is 30.9 Å². The third-order valence-corrected chi connectivity index (χ3v) is 5.94. The van der Waals surface area contributed by atoms with Gasteiger partial charge in [0, 0.05) is 22.9 Å². The number of nitrogens with one attached hydrogen (secondary N) is 1. The molecule has 0 amide bonds. The van der Waals surface area contributed by atoms with Gasteiger partial charge in [0.05, 0.1) is 32.9 Å². The van der Waals surface area contributed by atoms with E-state index in [1.165, 1.54) is 12.1 Å². The quantitative estimate of drug-likeness (QED) is 0.502. The highest BCUT2D eigenvalue weighted by molar-refractivity contribution is 7.90. The van der Waals surface area contributed by atoms with Gasteiger partial charge in [0.15, 0.2) is 15.7 Å². The predicted molar refractivity (Wildman–Crippen MR) is 110 cm³/mol. The number of nitrogens with zero attached hydrogens (tertiary/aromatic N) is 1. The molecule has 2 aromatic heterocycles. The minimum atomic E-state index is -3.32. The van der Waals surface area contributed by atoms with Gasteiger partial charge < -0.3 is 4.98 Å². The second-order valence-electron chi connectivity index (χ2n) is 6.87. The highest BCUT2D eigenvalue weighted by atomic mass is 32.2. The first-order chi connectivity index (χ1) is 13.8. The summed E-state index contributed by atoms with van der Waals surface area (Å²) < 4.78 is 38.4. The number of aromatic amines is 1. The van der Waals surface area contributed by atoms with E-state index in [0.717, 1.165) is 18.1 Å². The minimum absolute atomic E-state index is 0.177. The Balaban J connectivity index is 1.82. The molecule has 7 heteroatoms. The normalized spacial score (nSPS) is 11.7. The Morgan fingerprint density at radius 1 is 1.00 bits per heavy atom. The van der Waals surface area contributed by atoms with Crippen LogP contribution in [0.4, 0.5) is 4.39 Å². The molecule has 0 unspecified atom stereocenters. The van der Waals surface area contributed by atoms with Gasteiger partial charge in [0.2, 0.25) is 0 Å². The first kappa shape index (κ1) is 19.0. The zero-order chi connectivity index (χ0) is 20.8. The van der Waals surface area contributed by atoms with E-state index in [-0.39, 0.29) is 10.6 Å². The molecular formula is C22H17FN2O3S. The molecule has 0 aliphatic carbocycles. The molecule has 29 heavy (non-hydrogen) atoms. The molecule has 0 spiro atoms. The number of carbonyl (C=O) groups excluding carboxylic acids is 1. The highest BCUT2D eigenvalue weighted by Crippen LogP contribution is 2.33. The van der Waals surface area contributed by atoms with Crippen molar-refractivity contribution in [3.05, 3.63) is 71.7 Å². The first-order valence-corrected chi connectivity index (χ1v) is 10.7. The van der Waals surface area contributed by atoms with E-state index in [9.17, 15) is 13.2 Å². The van der Waals surface area contributed by atoms with Crippen LogP contribution < -0.4 is 0 Å². The Morgan fingerprint density at radius 3 is 2.21 bits per heavy atom. The van der Waals surface area contributed by atoms with Crippen LogP contribution in [0.2, 0.25) is 0 Å². The van der Waals surface area contributed by atoms with Crippen LogP contribution in [0.15, 0.2) is 59.5 Å². The number of aldehydes is 1. The van der Waals surface area contributed by atoms with Gasteiger partial charge in [-0.15, -0.1) is 0 Å². The molecule has 4 rings (SSSR count). The summed E-state index contributed by atoms with van der Waals surface area (Å²) in [4.78, 5) is 18.6. The molecule has 0 bridgehead atoms. The molecule has 2 heterocycles. The number of hydrogen-bond donors (Lipinski definition) is 1. The van der Waals surface area contributed by atoms with Gasteiger partial charge >= 0.3 is 0 Å². The molecule has 0 atom stereocenters. The molecule has 1 N–H and O–H groups in total. The number of benzene rings is 2. The smallest absolute Gasteiger partial charge is 0.175 e. The van der Waals surface area contributed by atoms with Crippen molar-refractivity contribution >= 4 is 27.0 Å². The van der Waals surface area contributed by atoms with Gasteiger partial charge in [-0.05, 0) is 25.1 Å². The highest BCUT2D eigenvalue weighted by Gasteiger charge is 2.18. The lowest BCUT2D eigenvalue weighted by Crippen LogP contribution is -1.96. The number of hydrogen-bond acceptors (Lipinski definition) is 4. The van der Waals surface area contributed by atoms with Crippen LogP contribution in [0.3, 0.4) is 0 Å². The molecule has 4 aromatic rings. The Bertz CT molecular complexity index is 1340. The maximum Gasteiger partial charge on any atom is 0.175 e. The standard InChI is InChI=1S/C22H17FN2O3S/c1-13-20-19(11-18(24-13)15-5-3-14(12-26)4-6-15)25-22(21(20)23)16-7-9-17(10-8-16)29(2,27)28/h3-12,25H,1-2H3. The van der Waals surface area contributed by atoms with Gasteiger partial charge in [-0.1, -0.05) is 36.4 Å². The van der Waals surface area contributed by atoms with Crippen LogP contribution in [0.1, 0.15) is 16.1 Å². The lowest BCUT2D eigenvalue weighted by atomic mass is 10.1. The van der Waals surface area contributed by atoms with E-state index >= 15 is 4.39 Å². The molecule has 2 aromatic carbocycles. The minimum Gasteiger partial charge on any atom is -0.352 e. The number of carbonyl (C=O) groups is 1. The number of aryl methyl sites for hydroxylation is 1. The van der Waals surface area contributed by atoms with Crippen molar-refractivity contribution in [1.29, 1.82) is 0 Å². The number of aromatic nitrogens is 2. The van der Waals surface area contributed by atoms with E-state index in [2.05, 4.69) is 9.97 Å². The zero-order valence-corrected chi connectivity index (χ0v) is 16.5. The number of fused-ring (bicyclic) bond motifs is 1. The SMILES string of the molecule is Cc1nc(-c2ccc(C=O)cc2)cc2[nH]c(-c3ccc(S(C)(=O)=O)cc3)c(F)c12. The van der Waals surface area contributed by atoms with Crippen molar-refractivity contribution < 1.29 is 17.6 Å². The lowest BCUT2D eigenvalue weighted by molar-refractivity contribution is 0.112. The molecule has 0 aliphatic heterocycles. The van der Waals surface area contributed by atoms with E-state index in [0.29, 0.717) is 33.4 Å². The van der Waals surface area contributed by atoms with Crippen molar-refractivity contribution in [2.24, 2.45) is 0 Å². The van der Waals surface area contributed by atoms with E-state index in [4.69, 9.17) is 0 Å². The average molecular weight is 408 g/mol. The molecule has 0 saturated heterocycles. The van der Waals surface area contributed by atoms with E-state index < -0.39 is 15.7 Å². The number of rotatable bonds is 4. The maximum absolute atomic E-state index is 15.1. The molecular weight excluding hydrogens is 391 g/mol. The molecule has 146 valence electrons. The molecule has 0 fully saturated rings. The van der Waals surface area contributed by atoms with Gasteiger partial charge in [-0.3, -0.25) is 9.78 Å². The monoisotopic (exact) mass is 408 g/mol. The van der Waals surface area contributed by atoms with Gasteiger partial charge in [0.25, 0.3) is 0 Å². The zero-order valence-electron chi connectivity index (χ0n) is 15.7. The number of pyridine rings is 1. The maximum atomic E-state index is 15.1. The van der Waals surface area contributed by atoms with Gasteiger partial charge in [0.1, 0.15) is 6.29 Å². The number of sulfone groups is 1. The van der Waals surface area contributed by atoms with Crippen LogP contribution in [-0.2, 0) is 9.84 Å². The van der Waals surface area contributed by atoms with Crippen LogP contribution >= 0.6 is 0 Å². The molecule has 0 radical (unpaired) electrons. The predicted octanol–water partition coefficient (Wildman–Crippen LogP) is 4.56. The van der Waals surface area contributed by atoms with Crippen molar-refractivity contribution in [2.45, 2.75) is 11.8 Å². The Kier molecular flexibility index (Phi) is 4.55. The van der Waals surface area contributed by atoms with Crippen LogP contribution in [0.25, 0.3) is 33.4 Å². The number of halogens is 1. The Labute approximate surface area is 167 Å². The first-order valence-electron chi connectivity index (χ1n) is 8.83. The Morgan fingerprint density at radius 2 is 1.62 bits per heavy atom. The summed E-state index contributed by atoms with van der Waals surface area (Å²) in [5.41, 5.74) is 3.98. The summed E-state index contributed by atoms with van der Waals surface area (Å²) in [5, 5.41) is 0.389. The summed E-state index contributed by atoms with van der Waals surface area (Å²) >= 11 is 0. The fourth-order valence-corrected chi connectivity index (χ4v) is 3.94. The Hall–Kier alpha value is -3.32. The summed E-state index contributed by atoms with van der Waals surface area (Å²) in [6.45, 7) is 1.74. The van der Waals surface area contributed by atoms with Crippen LogP contribution in [0, 0.1) is 12.7 Å². The van der Waals surface area contributed by atoms with E-state index in [1.807, 2.05) is 0 Å². The van der Waals surface area contributed by atoms with Crippen molar-refractivity contribution in [1.82, 2.24) is 9.97 Å². The van der Waals surface area contributed by atoms with Gasteiger partial charge in [-0.25, -0.2) is 12.8 Å². The largest absolute Gasteiger partial charge is 0.352 e. The molecule has 5 nitrogen and oxygen atoms in total. The summed E-state index contributed by atoms with van der Waals surface area (Å²) in [5.74, 6) is -0.431. The van der Waals surface area contributed by atoms with Crippen molar-refractivity contribution in [3.8, 4) is 22.5 Å². The molecule has 0 saturated carbocycles. The fourth-order valence-electron chi connectivity index (χ4n) is 3.31. The second-order valence-corrected chi connectivity index (χ2v) is 8.88. The summed E-state index contributed by atoms with van der Waals surface area (Å²) in [6, 6.07) is 14.8. The van der Waals surface area contributed by atoms with Crippen molar-refractivity contribution in [2.75, 3.05) is 6.26 Å². The van der Waals surface area contributed by atoms with Gasteiger partial charge in [-0.2, -0.15) is 0 Å². The summed E-state index contributed by atoms with van der Waals surface area (Å²) in [7, 11) is -3.32. The average Bonchev–Trinajstić information content (AvgIpc) is 3.04. The second kappa shape index (κ2) is 6.93. The number of H-pyrrole nitrogens is 1. The molecule has 0 aliphatic rings. The third-order valence-electron chi connectivity index (χ3n) is 4.81. The lowest BCUT2D eigenvalue weighted by Gasteiger charge is -2.04. The van der Waals surface area contributed by atoms with Crippen LogP contribution in [0.5, 0.6) is 0 Å². The fraction of sp³-hybridized carbons (Fsp3) is 0.0909. The summed E-state index contributed by atoms with van der Waals surface area (Å²) in [6.07, 6.45) is 1.90. The topological polar surface area (TPSA) is 79.9 Å². The van der Waals surface area contributed by atoms with Crippen molar-refractivity contribution in [3.63, 3.8) is 0 Å².